The number of thiocarbonyl (C=S) groups is 1. The normalized spacial score (nSPS) is 18.4. The molecule has 0 bridgehead atoms. The molecule has 0 saturated carbocycles. The SMILES string of the molecule is NC(=S)N1N=C(c2cccs2)CC1c1ccccc1. The van der Waals surface area contributed by atoms with Crippen LogP contribution in [0.4, 0.5) is 0 Å². The van der Waals surface area contributed by atoms with E-state index >= 15 is 0 Å². The molecule has 96 valence electrons. The number of benzene rings is 1. The van der Waals surface area contributed by atoms with Crippen molar-refractivity contribution in [1.29, 1.82) is 0 Å². The fraction of sp³-hybridized carbons (Fsp3) is 0.143. The Kier molecular flexibility index (Phi) is 3.31. The third-order valence-corrected chi connectivity index (χ3v) is 4.23. The van der Waals surface area contributed by atoms with E-state index in [2.05, 4.69) is 28.7 Å². The van der Waals surface area contributed by atoms with Gasteiger partial charge in [-0.25, -0.2) is 5.01 Å². The van der Waals surface area contributed by atoms with Gasteiger partial charge in [0.05, 0.1) is 16.6 Å². The molecule has 0 aliphatic carbocycles. The van der Waals surface area contributed by atoms with Crippen LogP contribution in [0.3, 0.4) is 0 Å². The first-order valence-corrected chi connectivity index (χ1v) is 7.29. The smallest absolute Gasteiger partial charge is 0.187 e. The van der Waals surface area contributed by atoms with E-state index in [-0.39, 0.29) is 6.04 Å². The number of rotatable bonds is 2. The Morgan fingerprint density at radius 1 is 1.26 bits per heavy atom. The number of hydrogen-bond acceptors (Lipinski definition) is 3. The first-order chi connectivity index (χ1) is 9.25. The zero-order valence-corrected chi connectivity index (χ0v) is 11.8. The second-order valence-electron chi connectivity index (χ2n) is 4.34. The molecule has 2 N–H and O–H groups in total. The number of thiophene rings is 1. The van der Waals surface area contributed by atoms with Crippen molar-refractivity contribution < 1.29 is 0 Å². The van der Waals surface area contributed by atoms with Gasteiger partial charge >= 0.3 is 0 Å². The van der Waals surface area contributed by atoms with Gasteiger partial charge in [0.25, 0.3) is 0 Å². The van der Waals surface area contributed by atoms with Crippen molar-refractivity contribution in [2.75, 3.05) is 0 Å². The highest BCUT2D eigenvalue weighted by atomic mass is 32.1. The highest BCUT2D eigenvalue weighted by molar-refractivity contribution is 7.80. The summed E-state index contributed by atoms with van der Waals surface area (Å²) in [6.07, 6.45) is 0.835. The van der Waals surface area contributed by atoms with Gasteiger partial charge in [0.15, 0.2) is 5.11 Å². The number of nitrogens with zero attached hydrogens (tertiary/aromatic N) is 2. The van der Waals surface area contributed by atoms with E-state index in [1.54, 1.807) is 16.3 Å². The molecule has 0 saturated heterocycles. The van der Waals surface area contributed by atoms with E-state index in [4.69, 9.17) is 18.0 Å². The Hall–Kier alpha value is -1.72. The summed E-state index contributed by atoms with van der Waals surface area (Å²) < 4.78 is 0. The van der Waals surface area contributed by atoms with Crippen molar-refractivity contribution in [2.45, 2.75) is 12.5 Å². The van der Waals surface area contributed by atoms with Crippen molar-refractivity contribution in [3.63, 3.8) is 0 Å². The quantitative estimate of drug-likeness (QED) is 0.863. The molecule has 1 aliphatic heterocycles. The highest BCUT2D eigenvalue weighted by Crippen LogP contribution is 2.33. The Bertz CT molecular complexity index is 605. The molecule has 0 radical (unpaired) electrons. The standard InChI is InChI=1S/C14H13N3S2/c15-14(18)17-12(10-5-2-1-3-6-10)9-11(16-17)13-7-4-8-19-13/h1-8,12H,9H2,(H2,15,18). The van der Waals surface area contributed by atoms with Crippen LogP contribution in [-0.2, 0) is 0 Å². The Morgan fingerprint density at radius 3 is 2.68 bits per heavy atom. The average Bonchev–Trinajstić information content (AvgIpc) is 3.08. The molecule has 1 atom stereocenters. The lowest BCUT2D eigenvalue weighted by Gasteiger charge is -2.21. The van der Waals surface area contributed by atoms with Gasteiger partial charge in [-0.05, 0) is 29.2 Å². The number of nitrogens with two attached hydrogens (primary N) is 1. The Labute approximate surface area is 121 Å². The second kappa shape index (κ2) is 5.11. The molecule has 2 aromatic rings. The molecular weight excluding hydrogens is 274 g/mol. The van der Waals surface area contributed by atoms with Crippen LogP contribution in [-0.4, -0.2) is 15.8 Å². The molecule has 3 rings (SSSR count). The van der Waals surface area contributed by atoms with Crippen LogP contribution in [0.5, 0.6) is 0 Å². The first kappa shape index (κ1) is 12.3. The fourth-order valence-corrected chi connectivity index (χ4v) is 3.13. The van der Waals surface area contributed by atoms with Crippen molar-refractivity contribution >= 4 is 34.4 Å². The van der Waals surface area contributed by atoms with E-state index in [9.17, 15) is 0 Å². The minimum absolute atomic E-state index is 0.107. The summed E-state index contributed by atoms with van der Waals surface area (Å²) in [5.41, 5.74) is 8.03. The third kappa shape index (κ3) is 2.39. The van der Waals surface area contributed by atoms with Crippen LogP contribution >= 0.6 is 23.6 Å². The Morgan fingerprint density at radius 2 is 2.05 bits per heavy atom. The maximum Gasteiger partial charge on any atom is 0.187 e. The third-order valence-electron chi connectivity index (χ3n) is 3.13. The largest absolute Gasteiger partial charge is 0.375 e. The average molecular weight is 287 g/mol. The summed E-state index contributed by atoms with van der Waals surface area (Å²) in [5.74, 6) is 0. The zero-order chi connectivity index (χ0) is 13.2. The molecule has 19 heavy (non-hydrogen) atoms. The van der Waals surface area contributed by atoms with Crippen LogP contribution in [0, 0.1) is 0 Å². The lowest BCUT2D eigenvalue weighted by atomic mass is 10.0. The first-order valence-electron chi connectivity index (χ1n) is 6.00. The fourth-order valence-electron chi connectivity index (χ4n) is 2.24. The number of hydrazone groups is 1. The van der Waals surface area contributed by atoms with Crippen LogP contribution in [0.25, 0.3) is 0 Å². The highest BCUT2D eigenvalue weighted by Gasteiger charge is 2.30. The van der Waals surface area contributed by atoms with E-state index in [1.807, 2.05) is 24.3 Å². The van der Waals surface area contributed by atoms with Crippen molar-refractivity contribution in [3.05, 3.63) is 58.3 Å². The molecule has 1 aromatic heterocycles. The molecular formula is C14H13N3S2. The monoisotopic (exact) mass is 287 g/mol. The van der Waals surface area contributed by atoms with Crippen LogP contribution in [0.2, 0.25) is 0 Å². The van der Waals surface area contributed by atoms with Gasteiger partial charge in [0.2, 0.25) is 0 Å². The van der Waals surface area contributed by atoms with Gasteiger partial charge in [0.1, 0.15) is 0 Å². The van der Waals surface area contributed by atoms with Crippen LogP contribution in [0.15, 0.2) is 52.9 Å². The lowest BCUT2D eigenvalue weighted by Crippen LogP contribution is -2.31. The Balaban J connectivity index is 1.94. The van der Waals surface area contributed by atoms with Crippen molar-refractivity contribution in [2.24, 2.45) is 10.8 Å². The summed E-state index contributed by atoms with van der Waals surface area (Å²) in [6.45, 7) is 0. The molecule has 1 unspecified atom stereocenters. The topological polar surface area (TPSA) is 41.6 Å². The van der Waals surface area contributed by atoms with E-state index in [0.29, 0.717) is 5.11 Å². The summed E-state index contributed by atoms with van der Waals surface area (Å²) >= 11 is 6.80. The molecule has 1 aromatic carbocycles. The molecule has 0 amide bonds. The van der Waals surface area contributed by atoms with Gasteiger partial charge < -0.3 is 5.73 Å². The summed E-state index contributed by atoms with van der Waals surface area (Å²) in [6, 6.07) is 14.4. The molecule has 5 heteroatoms. The molecule has 0 fully saturated rings. The molecule has 1 aliphatic rings. The van der Waals surface area contributed by atoms with Gasteiger partial charge in [-0.1, -0.05) is 36.4 Å². The molecule has 3 nitrogen and oxygen atoms in total. The number of hydrogen-bond donors (Lipinski definition) is 1. The van der Waals surface area contributed by atoms with Crippen LogP contribution in [0.1, 0.15) is 22.9 Å². The summed E-state index contributed by atoms with van der Waals surface area (Å²) in [5, 5.41) is 8.71. The minimum atomic E-state index is 0.107. The molecule has 2 heterocycles. The van der Waals surface area contributed by atoms with Gasteiger partial charge in [-0.2, -0.15) is 5.10 Å². The zero-order valence-electron chi connectivity index (χ0n) is 10.2. The maximum atomic E-state index is 5.79. The van der Waals surface area contributed by atoms with Gasteiger partial charge in [0, 0.05) is 6.42 Å². The van der Waals surface area contributed by atoms with Crippen molar-refractivity contribution in [3.8, 4) is 0 Å². The minimum Gasteiger partial charge on any atom is -0.375 e. The van der Waals surface area contributed by atoms with Gasteiger partial charge in [-0.15, -0.1) is 11.3 Å². The predicted molar refractivity (Wildman–Crippen MR) is 83.3 cm³/mol. The maximum absolute atomic E-state index is 5.79. The van der Waals surface area contributed by atoms with Gasteiger partial charge in [-0.3, -0.25) is 0 Å². The molecule has 0 spiro atoms. The second-order valence-corrected chi connectivity index (χ2v) is 5.70. The van der Waals surface area contributed by atoms with E-state index in [1.165, 1.54) is 10.4 Å². The lowest BCUT2D eigenvalue weighted by molar-refractivity contribution is 0.373. The van der Waals surface area contributed by atoms with E-state index < -0.39 is 0 Å². The van der Waals surface area contributed by atoms with Crippen LogP contribution < -0.4 is 5.73 Å². The van der Waals surface area contributed by atoms with Crippen molar-refractivity contribution in [1.82, 2.24) is 5.01 Å². The summed E-state index contributed by atoms with van der Waals surface area (Å²) in [7, 11) is 0. The predicted octanol–water partition coefficient (Wildman–Crippen LogP) is 3.14. The van der Waals surface area contributed by atoms with E-state index in [0.717, 1.165) is 12.1 Å². The summed E-state index contributed by atoms with van der Waals surface area (Å²) in [4.78, 5) is 1.18.